The Balaban J connectivity index is 1.36. The molecule has 2 atom stereocenters. The molecule has 23 heavy (non-hydrogen) atoms. The van der Waals surface area contributed by atoms with Crippen LogP contribution in [0.4, 0.5) is 0 Å². The molecule has 0 N–H and O–H groups in total. The van der Waals surface area contributed by atoms with Crippen molar-refractivity contribution in [2.75, 3.05) is 13.2 Å². The van der Waals surface area contributed by atoms with E-state index in [4.69, 9.17) is 9.47 Å². The van der Waals surface area contributed by atoms with Gasteiger partial charge in [-0.2, -0.15) is 0 Å². The average molecular weight is 315 g/mol. The van der Waals surface area contributed by atoms with Gasteiger partial charge < -0.3 is 9.47 Å². The Hall–Kier alpha value is -1.23. The molecule has 3 aliphatic rings. The van der Waals surface area contributed by atoms with E-state index in [1.165, 1.54) is 18.4 Å². The van der Waals surface area contributed by atoms with Gasteiger partial charge in [-0.3, -0.25) is 9.69 Å². The Labute approximate surface area is 137 Å². The van der Waals surface area contributed by atoms with Crippen molar-refractivity contribution in [2.45, 2.75) is 57.0 Å². The zero-order chi connectivity index (χ0) is 15.6. The highest BCUT2D eigenvalue weighted by atomic mass is 16.7. The highest BCUT2D eigenvalue weighted by Gasteiger charge is 2.42. The summed E-state index contributed by atoms with van der Waals surface area (Å²) in [5.41, 5.74) is 1.38. The van der Waals surface area contributed by atoms with Gasteiger partial charge in [0.1, 0.15) is 5.78 Å². The van der Waals surface area contributed by atoms with Crippen LogP contribution >= 0.6 is 0 Å². The number of benzene rings is 1. The third kappa shape index (κ3) is 3.35. The van der Waals surface area contributed by atoms with Crippen LogP contribution in [0.5, 0.6) is 0 Å². The van der Waals surface area contributed by atoms with E-state index < -0.39 is 0 Å². The van der Waals surface area contributed by atoms with Crippen molar-refractivity contribution < 1.29 is 14.3 Å². The molecule has 3 fully saturated rings. The van der Waals surface area contributed by atoms with Crippen molar-refractivity contribution in [3.05, 3.63) is 35.9 Å². The van der Waals surface area contributed by atoms with Crippen LogP contribution in [0.3, 0.4) is 0 Å². The molecule has 0 saturated carbocycles. The number of Topliss-reactive ketones (excluding diaryl/α,β-unsaturated/α-hetero) is 1. The van der Waals surface area contributed by atoms with Gasteiger partial charge in [0.2, 0.25) is 0 Å². The van der Waals surface area contributed by atoms with Gasteiger partial charge in [0, 0.05) is 24.5 Å². The van der Waals surface area contributed by atoms with E-state index in [9.17, 15) is 4.79 Å². The van der Waals surface area contributed by atoms with Crippen molar-refractivity contribution in [3.8, 4) is 0 Å². The molecule has 124 valence electrons. The number of nitrogens with zero attached hydrogens (tertiary/aromatic N) is 1. The summed E-state index contributed by atoms with van der Waals surface area (Å²) in [5.74, 6) is 0.542. The quantitative estimate of drug-likeness (QED) is 0.837. The van der Waals surface area contributed by atoms with Crippen LogP contribution in [0.25, 0.3) is 0 Å². The molecule has 0 aliphatic carbocycles. The molecule has 4 nitrogen and oxygen atoms in total. The first-order chi connectivity index (χ1) is 11.3. The second kappa shape index (κ2) is 6.71. The SMILES string of the molecule is O=C(CC1OCCO1)C1CC2CCC(C1)N2Cc1ccccc1. The van der Waals surface area contributed by atoms with E-state index in [1.807, 2.05) is 0 Å². The molecule has 3 heterocycles. The average Bonchev–Trinajstić information content (AvgIpc) is 3.14. The van der Waals surface area contributed by atoms with E-state index in [2.05, 4.69) is 35.2 Å². The Morgan fingerprint density at radius 3 is 2.35 bits per heavy atom. The van der Waals surface area contributed by atoms with Crippen LogP contribution in [-0.4, -0.2) is 42.3 Å². The zero-order valence-electron chi connectivity index (χ0n) is 13.5. The standard InChI is InChI=1S/C19H25NO3/c21-18(12-19-22-8-9-23-19)15-10-16-6-7-17(11-15)20(16)13-14-4-2-1-3-5-14/h1-5,15-17,19H,6-13H2. The second-order valence-electron chi connectivity index (χ2n) is 7.05. The first kappa shape index (κ1) is 15.3. The van der Waals surface area contributed by atoms with Crippen LogP contribution in [0, 0.1) is 5.92 Å². The molecule has 3 saturated heterocycles. The lowest BCUT2D eigenvalue weighted by atomic mass is 9.86. The topological polar surface area (TPSA) is 38.8 Å². The highest BCUT2D eigenvalue weighted by molar-refractivity contribution is 5.81. The summed E-state index contributed by atoms with van der Waals surface area (Å²) in [5, 5.41) is 0. The zero-order valence-corrected chi connectivity index (χ0v) is 13.5. The summed E-state index contributed by atoms with van der Waals surface area (Å²) in [6.07, 6.45) is 4.63. The Kier molecular flexibility index (Phi) is 4.47. The van der Waals surface area contributed by atoms with Gasteiger partial charge in [-0.1, -0.05) is 30.3 Å². The van der Waals surface area contributed by atoms with Crippen LogP contribution in [-0.2, 0) is 20.8 Å². The van der Waals surface area contributed by atoms with Crippen molar-refractivity contribution >= 4 is 5.78 Å². The fraction of sp³-hybridized carbons (Fsp3) is 0.632. The lowest BCUT2D eigenvalue weighted by molar-refractivity contribution is -0.133. The lowest BCUT2D eigenvalue weighted by Crippen LogP contribution is -2.44. The molecule has 0 aromatic heterocycles. The van der Waals surface area contributed by atoms with Gasteiger partial charge >= 0.3 is 0 Å². The molecular formula is C19H25NO3. The molecule has 4 heteroatoms. The minimum absolute atomic E-state index is 0.201. The minimum Gasteiger partial charge on any atom is -0.350 e. The summed E-state index contributed by atoms with van der Waals surface area (Å²) in [7, 11) is 0. The summed E-state index contributed by atoms with van der Waals surface area (Å²) in [4.78, 5) is 15.2. The highest BCUT2D eigenvalue weighted by Crippen LogP contribution is 2.40. The van der Waals surface area contributed by atoms with Gasteiger partial charge in [0.05, 0.1) is 19.6 Å². The number of ether oxygens (including phenoxy) is 2. The maximum Gasteiger partial charge on any atom is 0.164 e. The third-order valence-corrected chi connectivity index (χ3v) is 5.61. The van der Waals surface area contributed by atoms with Crippen molar-refractivity contribution in [3.63, 3.8) is 0 Å². The normalized spacial score (nSPS) is 31.6. The molecule has 0 spiro atoms. The number of hydrogen-bond donors (Lipinski definition) is 0. The number of carbonyl (C=O) groups is 1. The Morgan fingerprint density at radius 1 is 1.04 bits per heavy atom. The molecule has 3 aliphatic heterocycles. The molecular weight excluding hydrogens is 290 g/mol. The van der Waals surface area contributed by atoms with E-state index in [0.717, 1.165) is 19.4 Å². The predicted octanol–water partition coefficient (Wildman–Crippen LogP) is 2.76. The molecule has 0 amide bonds. The summed E-state index contributed by atoms with van der Waals surface area (Å²) in [6, 6.07) is 11.8. The van der Waals surface area contributed by atoms with Gasteiger partial charge in [-0.25, -0.2) is 0 Å². The summed E-state index contributed by atoms with van der Waals surface area (Å²) < 4.78 is 10.9. The van der Waals surface area contributed by atoms with Crippen LogP contribution in [0.1, 0.15) is 37.7 Å². The van der Waals surface area contributed by atoms with Crippen molar-refractivity contribution in [1.82, 2.24) is 4.90 Å². The van der Waals surface area contributed by atoms with Crippen molar-refractivity contribution in [1.29, 1.82) is 0 Å². The van der Waals surface area contributed by atoms with E-state index in [0.29, 0.717) is 37.5 Å². The lowest BCUT2D eigenvalue weighted by Gasteiger charge is -2.38. The van der Waals surface area contributed by atoms with Gasteiger partial charge in [0.15, 0.2) is 6.29 Å². The molecule has 2 bridgehead atoms. The first-order valence-electron chi connectivity index (χ1n) is 8.85. The van der Waals surface area contributed by atoms with Crippen LogP contribution in [0.2, 0.25) is 0 Å². The summed E-state index contributed by atoms with van der Waals surface area (Å²) in [6.45, 7) is 2.27. The monoisotopic (exact) mass is 315 g/mol. The molecule has 1 aromatic rings. The second-order valence-corrected chi connectivity index (χ2v) is 7.05. The number of piperidine rings is 1. The van der Waals surface area contributed by atoms with Gasteiger partial charge in [-0.15, -0.1) is 0 Å². The number of rotatable bonds is 5. The molecule has 1 aromatic carbocycles. The maximum absolute atomic E-state index is 12.6. The molecule has 4 rings (SSSR count). The third-order valence-electron chi connectivity index (χ3n) is 5.61. The maximum atomic E-state index is 12.6. The van der Waals surface area contributed by atoms with Crippen molar-refractivity contribution in [2.24, 2.45) is 5.92 Å². The molecule has 2 unspecified atom stereocenters. The fourth-order valence-electron chi connectivity index (χ4n) is 4.45. The number of fused-ring (bicyclic) bond motifs is 2. The number of hydrogen-bond acceptors (Lipinski definition) is 4. The Morgan fingerprint density at radius 2 is 1.70 bits per heavy atom. The predicted molar refractivity (Wildman–Crippen MR) is 86.8 cm³/mol. The van der Waals surface area contributed by atoms with Gasteiger partial charge in [0.25, 0.3) is 0 Å². The first-order valence-corrected chi connectivity index (χ1v) is 8.85. The van der Waals surface area contributed by atoms with Gasteiger partial charge in [-0.05, 0) is 31.2 Å². The van der Waals surface area contributed by atoms with E-state index >= 15 is 0 Å². The van der Waals surface area contributed by atoms with E-state index in [-0.39, 0.29) is 12.2 Å². The smallest absolute Gasteiger partial charge is 0.164 e. The number of ketones is 1. The largest absolute Gasteiger partial charge is 0.350 e. The van der Waals surface area contributed by atoms with E-state index in [1.54, 1.807) is 0 Å². The van der Waals surface area contributed by atoms with Crippen LogP contribution in [0.15, 0.2) is 30.3 Å². The summed E-state index contributed by atoms with van der Waals surface area (Å²) >= 11 is 0. The fourth-order valence-corrected chi connectivity index (χ4v) is 4.45. The molecule has 0 radical (unpaired) electrons. The number of carbonyl (C=O) groups excluding carboxylic acids is 1. The van der Waals surface area contributed by atoms with Crippen LogP contribution < -0.4 is 0 Å². The minimum atomic E-state index is -0.289. The Bertz CT molecular complexity index is 527.